The molecule has 1 heteroatoms. The van der Waals surface area contributed by atoms with Crippen molar-refractivity contribution in [3.05, 3.63) is 29.8 Å². The van der Waals surface area contributed by atoms with E-state index in [0.717, 1.165) is 11.8 Å². The Hall–Kier alpha value is -0.980. The van der Waals surface area contributed by atoms with E-state index >= 15 is 0 Å². The fourth-order valence-corrected chi connectivity index (χ4v) is 3.07. The molecule has 1 aromatic carbocycles. The fraction of sp³-hybridized carbons (Fsp3) is 0.647. The van der Waals surface area contributed by atoms with E-state index in [1.807, 2.05) is 0 Å². The zero-order valence-corrected chi connectivity index (χ0v) is 12.2. The van der Waals surface area contributed by atoms with Crippen LogP contribution in [0.3, 0.4) is 0 Å². The molecule has 1 nitrogen and oxygen atoms in total. The van der Waals surface area contributed by atoms with Crippen molar-refractivity contribution in [1.82, 2.24) is 0 Å². The Balaban J connectivity index is 2.13. The zero-order valence-electron chi connectivity index (χ0n) is 12.2. The monoisotopic (exact) mass is 245 g/mol. The van der Waals surface area contributed by atoms with Gasteiger partial charge in [0.1, 0.15) is 0 Å². The molecule has 0 saturated heterocycles. The van der Waals surface area contributed by atoms with Crippen molar-refractivity contribution in [2.24, 2.45) is 11.8 Å². The van der Waals surface area contributed by atoms with Crippen LogP contribution in [-0.2, 0) is 0 Å². The summed E-state index contributed by atoms with van der Waals surface area (Å²) in [6, 6.07) is 9.43. The minimum Gasteiger partial charge on any atom is -0.382 e. The van der Waals surface area contributed by atoms with E-state index in [2.05, 4.69) is 57.3 Å². The van der Waals surface area contributed by atoms with Gasteiger partial charge in [-0.25, -0.2) is 0 Å². The van der Waals surface area contributed by atoms with Crippen molar-refractivity contribution in [2.75, 3.05) is 5.32 Å². The molecule has 3 atom stereocenters. The molecule has 0 aliphatic heterocycles. The van der Waals surface area contributed by atoms with Gasteiger partial charge in [0.15, 0.2) is 0 Å². The molecule has 3 unspecified atom stereocenters. The van der Waals surface area contributed by atoms with Gasteiger partial charge >= 0.3 is 0 Å². The number of hydrogen-bond donors (Lipinski definition) is 1. The van der Waals surface area contributed by atoms with Gasteiger partial charge in [0.25, 0.3) is 0 Å². The molecule has 1 fully saturated rings. The molecule has 1 aromatic rings. The van der Waals surface area contributed by atoms with Gasteiger partial charge in [-0.3, -0.25) is 0 Å². The predicted molar refractivity (Wildman–Crippen MR) is 80.1 cm³/mol. The maximum absolute atomic E-state index is 3.81. The largest absolute Gasteiger partial charge is 0.382 e. The third-order valence-electron chi connectivity index (χ3n) is 4.38. The maximum atomic E-state index is 3.81. The molecule has 0 heterocycles. The summed E-state index contributed by atoms with van der Waals surface area (Å²) < 4.78 is 0. The molecule has 0 spiro atoms. The molecule has 0 amide bonds. The second kappa shape index (κ2) is 5.77. The van der Waals surface area contributed by atoms with Crippen molar-refractivity contribution in [1.29, 1.82) is 0 Å². The Labute approximate surface area is 112 Å². The number of rotatable bonds is 3. The van der Waals surface area contributed by atoms with Crippen molar-refractivity contribution in [3.8, 4) is 0 Å². The topological polar surface area (TPSA) is 12.0 Å². The molecule has 0 radical (unpaired) electrons. The van der Waals surface area contributed by atoms with Crippen LogP contribution < -0.4 is 5.32 Å². The van der Waals surface area contributed by atoms with Gasteiger partial charge < -0.3 is 5.32 Å². The molecule has 0 bridgehead atoms. The Morgan fingerprint density at radius 2 is 1.83 bits per heavy atom. The minimum absolute atomic E-state index is 0.588. The Morgan fingerprint density at radius 1 is 1.11 bits per heavy atom. The zero-order chi connectivity index (χ0) is 13.1. The molecular weight excluding hydrogens is 218 g/mol. The van der Waals surface area contributed by atoms with Gasteiger partial charge in [0.05, 0.1) is 0 Å². The number of hydrogen-bond acceptors (Lipinski definition) is 1. The molecule has 1 N–H and O–H groups in total. The maximum Gasteiger partial charge on any atom is 0.0377 e. The van der Waals surface area contributed by atoms with Crippen molar-refractivity contribution >= 4 is 5.69 Å². The van der Waals surface area contributed by atoms with Crippen LogP contribution in [0.1, 0.15) is 58.4 Å². The van der Waals surface area contributed by atoms with Crippen LogP contribution in [0, 0.1) is 11.8 Å². The Morgan fingerprint density at radius 3 is 2.56 bits per heavy atom. The molecule has 1 aliphatic carbocycles. The number of para-hydroxylation sites is 1. The highest BCUT2D eigenvalue weighted by molar-refractivity contribution is 5.53. The molecule has 1 aliphatic rings. The van der Waals surface area contributed by atoms with Crippen molar-refractivity contribution in [3.63, 3.8) is 0 Å². The summed E-state index contributed by atoms with van der Waals surface area (Å²) in [5, 5.41) is 3.81. The van der Waals surface area contributed by atoms with E-state index in [4.69, 9.17) is 0 Å². The summed E-state index contributed by atoms with van der Waals surface area (Å²) >= 11 is 0. The normalized spacial score (nSPS) is 28.4. The fourth-order valence-electron chi connectivity index (χ4n) is 3.07. The molecular formula is C17H27N. The lowest BCUT2D eigenvalue weighted by atomic mass is 9.80. The van der Waals surface area contributed by atoms with Crippen LogP contribution in [0.25, 0.3) is 0 Å². The summed E-state index contributed by atoms with van der Waals surface area (Å²) in [4.78, 5) is 0. The average Bonchev–Trinajstić information content (AvgIpc) is 2.34. The third kappa shape index (κ3) is 3.07. The molecule has 18 heavy (non-hydrogen) atoms. The van der Waals surface area contributed by atoms with Crippen LogP contribution in [0.5, 0.6) is 0 Å². The van der Waals surface area contributed by atoms with E-state index < -0.39 is 0 Å². The highest BCUT2D eigenvalue weighted by atomic mass is 14.9. The van der Waals surface area contributed by atoms with Gasteiger partial charge in [0, 0.05) is 11.7 Å². The first-order valence-corrected chi connectivity index (χ1v) is 7.43. The van der Waals surface area contributed by atoms with Gasteiger partial charge in [-0.15, -0.1) is 0 Å². The third-order valence-corrected chi connectivity index (χ3v) is 4.38. The van der Waals surface area contributed by atoms with E-state index in [9.17, 15) is 0 Å². The SMILES string of the molecule is CC1CCC(C)C(Nc2ccccc2C(C)C)C1. The molecule has 1 saturated carbocycles. The second-order valence-corrected chi connectivity index (χ2v) is 6.39. The van der Waals surface area contributed by atoms with Crippen LogP contribution in [0.15, 0.2) is 24.3 Å². The summed E-state index contributed by atoms with van der Waals surface area (Å²) in [6.07, 6.45) is 4.07. The number of anilines is 1. The highest BCUT2D eigenvalue weighted by Gasteiger charge is 2.25. The first-order chi connectivity index (χ1) is 8.58. The summed E-state index contributed by atoms with van der Waals surface area (Å²) in [5.74, 6) is 2.25. The lowest BCUT2D eigenvalue weighted by molar-refractivity contribution is 0.280. The van der Waals surface area contributed by atoms with E-state index in [-0.39, 0.29) is 0 Å². The van der Waals surface area contributed by atoms with Gasteiger partial charge in [-0.05, 0) is 42.2 Å². The molecule has 2 rings (SSSR count). The van der Waals surface area contributed by atoms with Gasteiger partial charge in [-0.2, -0.15) is 0 Å². The minimum atomic E-state index is 0.588. The molecule has 100 valence electrons. The van der Waals surface area contributed by atoms with Crippen LogP contribution in [0.2, 0.25) is 0 Å². The quantitative estimate of drug-likeness (QED) is 0.786. The first kappa shape index (κ1) is 13.5. The Kier molecular flexibility index (Phi) is 4.31. The van der Waals surface area contributed by atoms with E-state index in [1.54, 1.807) is 0 Å². The molecule has 0 aromatic heterocycles. The summed E-state index contributed by atoms with van der Waals surface area (Å²) in [5.41, 5.74) is 2.79. The Bertz CT molecular complexity index is 383. The van der Waals surface area contributed by atoms with E-state index in [0.29, 0.717) is 12.0 Å². The smallest absolute Gasteiger partial charge is 0.0377 e. The van der Waals surface area contributed by atoms with E-state index in [1.165, 1.54) is 30.5 Å². The van der Waals surface area contributed by atoms with Crippen molar-refractivity contribution < 1.29 is 0 Å². The summed E-state index contributed by atoms with van der Waals surface area (Å²) in [6.45, 7) is 9.32. The number of benzene rings is 1. The van der Waals surface area contributed by atoms with Crippen LogP contribution >= 0.6 is 0 Å². The van der Waals surface area contributed by atoms with Crippen LogP contribution in [0.4, 0.5) is 5.69 Å². The standard InChI is InChI=1S/C17H27N/c1-12(2)15-7-5-6-8-16(15)18-17-11-13(3)9-10-14(17)4/h5-8,12-14,17-18H,9-11H2,1-4H3. The average molecular weight is 245 g/mol. The van der Waals surface area contributed by atoms with Crippen molar-refractivity contribution in [2.45, 2.75) is 58.9 Å². The first-order valence-electron chi connectivity index (χ1n) is 7.43. The van der Waals surface area contributed by atoms with Crippen LogP contribution in [-0.4, -0.2) is 6.04 Å². The number of nitrogens with one attached hydrogen (secondary N) is 1. The van der Waals surface area contributed by atoms with Gasteiger partial charge in [-0.1, -0.05) is 52.3 Å². The lowest BCUT2D eigenvalue weighted by Crippen LogP contribution is -2.33. The summed E-state index contributed by atoms with van der Waals surface area (Å²) in [7, 11) is 0. The lowest BCUT2D eigenvalue weighted by Gasteiger charge is -2.34. The van der Waals surface area contributed by atoms with Gasteiger partial charge in [0.2, 0.25) is 0 Å². The highest BCUT2D eigenvalue weighted by Crippen LogP contribution is 2.32. The second-order valence-electron chi connectivity index (χ2n) is 6.39. The predicted octanol–water partition coefficient (Wildman–Crippen LogP) is 5.05.